The van der Waals surface area contributed by atoms with Gasteiger partial charge >= 0.3 is 0 Å². The predicted molar refractivity (Wildman–Crippen MR) is 49.1 cm³/mol. The average Bonchev–Trinajstić information content (AvgIpc) is 2.00. The Hall–Kier alpha value is -0.920. The minimum absolute atomic E-state index is 0.0572. The summed E-state index contributed by atoms with van der Waals surface area (Å²) in [5.74, 6) is 0. The maximum absolute atomic E-state index is 3.94. The average molecular weight is 150 g/mol. The molecule has 0 bridgehead atoms. The molecule has 11 heavy (non-hydrogen) atoms. The normalized spacial score (nSPS) is 22.4. The van der Waals surface area contributed by atoms with Crippen LogP contribution in [0.15, 0.2) is 22.4 Å². The van der Waals surface area contributed by atoms with Gasteiger partial charge in [-0.1, -0.05) is 26.0 Å². The first-order valence-electron chi connectivity index (χ1n) is 3.94. The van der Waals surface area contributed by atoms with Gasteiger partial charge in [-0.2, -0.15) is 10.2 Å². The molecule has 0 aliphatic carbocycles. The number of hydrogen-bond acceptors (Lipinski definition) is 2. The van der Waals surface area contributed by atoms with Gasteiger partial charge in [0.05, 0.1) is 0 Å². The molecular formula is C9H14N2. The van der Waals surface area contributed by atoms with Gasteiger partial charge in [0, 0.05) is 17.8 Å². The zero-order valence-corrected chi connectivity index (χ0v) is 7.12. The van der Waals surface area contributed by atoms with Crippen molar-refractivity contribution in [2.45, 2.75) is 26.7 Å². The largest absolute Gasteiger partial charge is 0.164 e. The van der Waals surface area contributed by atoms with Crippen LogP contribution in [-0.2, 0) is 0 Å². The first-order chi connectivity index (χ1) is 5.21. The van der Waals surface area contributed by atoms with E-state index in [0.29, 0.717) is 0 Å². The maximum atomic E-state index is 3.94. The van der Waals surface area contributed by atoms with Crippen molar-refractivity contribution < 1.29 is 0 Å². The van der Waals surface area contributed by atoms with Crippen molar-refractivity contribution >= 4 is 12.4 Å². The Morgan fingerprint density at radius 3 is 2.82 bits per heavy atom. The van der Waals surface area contributed by atoms with Crippen molar-refractivity contribution in [3.63, 3.8) is 0 Å². The monoisotopic (exact) mass is 150 g/mol. The van der Waals surface area contributed by atoms with Crippen LogP contribution in [0.25, 0.3) is 0 Å². The summed E-state index contributed by atoms with van der Waals surface area (Å²) >= 11 is 0. The van der Waals surface area contributed by atoms with E-state index in [4.69, 9.17) is 0 Å². The Bertz CT molecular complexity index is 200. The zero-order chi connectivity index (χ0) is 8.16. The second-order valence-corrected chi connectivity index (χ2v) is 3.34. The lowest BCUT2D eigenvalue weighted by Crippen LogP contribution is -2.07. The molecule has 1 aliphatic rings. The highest BCUT2D eigenvalue weighted by Gasteiger charge is 2.09. The van der Waals surface area contributed by atoms with Crippen molar-refractivity contribution in [1.29, 1.82) is 0 Å². The van der Waals surface area contributed by atoms with Crippen LogP contribution in [0.2, 0.25) is 0 Å². The molecule has 0 fully saturated rings. The van der Waals surface area contributed by atoms with E-state index in [-0.39, 0.29) is 5.41 Å². The van der Waals surface area contributed by atoms with Crippen LogP contribution in [-0.4, -0.2) is 12.4 Å². The highest BCUT2D eigenvalue weighted by atomic mass is 15.2. The summed E-state index contributed by atoms with van der Waals surface area (Å²) in [7, 11) is 0. The smallest absolute Gasteiger partial charge is 0.0364 e. The van der Waals surface area contributed by atoms with Crippen LogP contribution in [0.4, 0.5) is 0 Å². The van der Waals surface area contributed by atoms with E-state index in [9.17, 15) is 0 Å². The van der Waals surface area contributed by atoms with Crippen molar-refractivity contribution in [2.75, 3.05) is 0 Å². The first kappa shape index (κ1) is 8.18. The molecule has 0 spiro atoms. The SMILES string of the molecule is CC1(C)C=CCCC=NN=C1. The molecule has 0 aromatic rings. The Morgan fingerprint density at radius 1 is 1.18 bits per heavy atom. The lowest BCUT2D eigenvalue weighted by Gasteiger charge is -2.11. The topological polar surface area (TPSA) is 24.7 Å². The Labute approximate surface area is 67.7 Å². The van der Waals surface area contributed by atoms with Crippen molar-refractivity contribution in [2.24, 2.45) is 15.6 Å². The van der Waals surface area contributed by atoms with Gasteiger partial charge in [0.1, 0.15) is 0 Å². The fourth-order valence-corrected chi connectivity index (χ4v) is 0.888. The minimum atomic E-state index is 0.0572. The molecule has 0 N–H and O–H groups in total. The van der Waals surface area contributed by atoms with Crippen LogP contribution in [0, 0.1) is 5.41 Å². The number of hydrogen-bond donors (Lipinski definition) is 0. The van der Waals surface area contributed by atoms with Crippen LogP contribution in [0.1, 0.15) is 26.7 Å². The van der Waals surface area contributed by atoms with Crippen LogP contribution in [0.5, 0.6) is 0 Å². The molecule has 2 nitrogen and oxygen atoms in total. The Kier molecular flexibility index (Phi) is 2.58. The third kappa shape index (κ3) is 3.12. The van der Waals surface area contributed by atoms with E-state index in [1.165, 1.54) is 0 Å². The summed E-state index contributed by atoms with van der Waals surface area (Å²) in [5, 5.41) is 7.83. The lowest BCUT2D eigenvalue weighted by atomic mass is 9.94. The molecule has 60 valence electrons. The van der Waals surface area contributed by atoms with E-state index in [2.05, 4.69) is 36.2 Å². The molecule has 0 aromatic heterocycles. The van der Waals surface area contributed by atoms with E-state index in [1.54, 1.807) is 0 Å². The molecule has 1 rings (SSSR count). The molecule has 1 aliphatic heterocycles. The highest BCUT2D eigenvalue weighted by molar-refractivity contribution is 5.69. The van der Waals surface area contributed by atoms with Crippen LogP contribution >= 0.6 is 0 Å². The lowest BCUT2D eigenvalue weighted by molar-refractivity contribution is 0.688. The molecule has 0 unspecified atom stereocenters. The van der Waals surface area contributed by atoms with Gasteiger partial charge in [-0.05, 0) is 12.8 Å². The van der Waals surface area contributed by atoms with Gasteiger partial charge in [0.2, 0.25) is 0 Å². The maximum Gasteiger partial charge on any atom is 0.0364 e. The van der Waals surface area contributed by atoms with Crippen molar-refractivity contribution in [1.82, 2.24) is 0 Å². The van der Waals surface area contributed by atoms with Gasteiger partial charge in [-0.15, -0.1) is 0 Å². The molecule has 0 atom stereocenters. The summed E-state index contributed by atoms with van der Waals surface area (Å²) < 4.78 is 0. The zero-order valence-electron chi connectivity index (χ0n) is 7.12. The van der Waals surface area contributed by atoms with E-state index in [1.807, 2.05) is 12.4 Å². The summed E-state index contributed by atoms with van der Waals surface area (Å²) in [6.07, 6.45) is 10.1. The number of nitrogens with zero attached hydrogens (tertiary/aromatic N) is 2. The Balaban J connectivity index is 2.73. The van der Waals surface area contributed by atoms with Gasteiger partial charge in [-0.3, -0.25) is 0 Å². The van der Waals surface area contributed by atoms with Crippen molar-refractivity contribution in [3.8, 4) is 0 Å². The second-order valence-electron chi connectivity index (χ2n) is 3.34. The molecule has 0 aromatic carbocycles. The van der Waals surface area contributed by atoms with Gasteiger partial charge in [0.25, 0.3) is 0 Å². The number of rotatable bonds is 0. The fourth-order valence-electron chi connectivity index (χ4n) is 0.888. The predicted octanol–water partition coefficient (Wildman–Crippen LogP) is 2.42. The van der Waals surface area contributed by atoms with E-state index < -0.39 is 0 Å². The molecule has 1 heterocycles. The molecular weight excluding hydrogens is 136 g/mol. The minimum Gasteiger partial charge on any atom is -0.164 e. The van der Waals surface area contributed by atoms with Gasteiger partial charge < -0.3 is 0 Å². The molecule has 0 saturated carbocycles. The van der Waals surface area contributed by atoms with Crippen LogP contribution in [0.3, 0.4) is 0 Å². The first-order valence-corrected chi connectivity index (χ1v) is 3.94. The molecule has 0 saturated heterocycles. The summed E-state index contributed by atoms with van der Waals surface area (Å²) in [4.78, 5) is 0. The van der Waals surface area contributed by atoms with Gasteiger partial charge in [0.15, 0.2) is 0 Å². The Morgan fingerprint density at radius 2 is 2.00 bits per heavy atom. The summed E-state index contributed by atoms with van der Waals surface area (Å²) in [6, 6.07) is 0. The van der Waals surface area contributed by atoms with E-state index >= 15 is 0 Å². The fraction of sp³-hybridized carbons (Fsp3) is 0.556. The van der Waals surface area contributed by atoms with Crippen LogP contribution < -0.4 is 0 Å². The number of allylic oxidation sites excluding steroid dienone is 2. The van der Waals surface area contributed by atoms with E-state index in [0.717, 1.165) is 12.8 Å². The third-order valence-corrected chi connectivity index (χ3v) is 1.55. The molecule has 2 heteroatoms. The summed E-state index contributed by atoms with van der Waals surface area (Å²) in [6.45, 7) is 4.24. The molecule has 0 radical (unpaired) electrons. The highest BCUT2D eigenvalue weighted by Crippen LogP contribution is 2.14. The second kappa shape index (κ2) is 3.46. The standard InChI is InChI=1S/C9H14N2/c1-9(2)6-4-3-5-7-10-11-8-9/h4,6-8H,3,5H2,1-2H3. The molecule has 0 amide bonds. The summed E-state index contributed by atoms with van der Waals surface area (Å²) in [5.41, 5.74) is 0.0572. The third-order valence-electron chi connectivity index (χ3n) is 1.55. The van der Waals surface area contributed by atoms with Crippen molar-refractivity contribution in [3.05, 3.63) is 12.2 Å². The van der Waals surface area contributed by atoms with Gasteiger partial charge in [-0.25, -0.2) is 0 Å². The quantitative estimate of drug-likeness (QED) is 0.474.